The van der Waals surface area contributed by atoms with E-state index in [1.165, 1.54) is 19.2 Å². The SMILES string of the molecule is COC(=O)C1=Nc2c(c3cccnc3c3ncccc23)O[C@@H]1c1ccc(O)cc1. The molecule has 0 saturated carbocycles. The smallest absolute Gasteiger partial charge is 0.356 e. The van der Waals surface area contributed by atoms with E-state index in [-0.39, 0.29) is 11.5 Å². The van der Waals surface area contributed by atoms with Crippen LogP contribution in [-0.2, 0) is 9.53 Å². The maximum Gasteiger partial charge on any atom is 0.356 e. The summed E-state index contributed by atoms with van der Waals surface area (Å²) in [6.07, 6.45) is 2.61. The topological polar surface area (TPSA) is 93.9 Å². The molecule has 1 N–H and O–H groups in total. The number of carbonyl (C=O) groups excluding carboxylic acids is 1. The van der Waals surface area contributed by atoms with Crippen LogP contribution in [0.3, 0.4) is 0 Å². The number of nitrogens with zero attached hydrogens (tertiary/aromatic N) is 3. The molecule has 29 heavy (non-hydrogen) atoms. The van der Waals surface area contributed by atoms with E-state index in [4.69, 9.17) is 9.47 Å². The summed E-state index contributed by atoms with van der Waals surface area (Å²) in [5.41, 5.74) is 2.69. The van der Waals surface area contributed by atoms with Gasteiger partial charge in [-0.3, -0.25) is 9.97 Å². The van der Waals surface area contributed by atoms with Gasteiger partial charge in [0, 0.05) is 23.2 Å². The number of methoxy groups -OCH3 is 1. The van der Waals surface area contributed by atoms with Crippen LogP contribution in [0.5, 0.6) is 11.5 Å². The number of ether oxygens (including phenoxy) is 2. The molecule has 7 nitrogen and oxygen atoms in total. The molecule has 0 aliphatic carbocycles. The summed E-state index contributed by atoms with van der Waals surface area (Å²) in [5.74, 6) is 0.0598. The van der Waals surface area contributed by atoms with Gasteiger partial charge in [0.25, 0.3) is 0 Å². The zero-order chi connectivity index (χ0) is 20.0. The van der Waals surface area contributed by atoms with Gasteiger partial charge in [-0.15, -0.1) is 0 Å². The number of fused-ring (bicyclic) bond motifs is 6. The zero-order valence-electron chi connectivity index (χ0n) is 15.4. The standard InChI is InChI=1S/C22H15N3O4/c1-28-22(27)19-20(12-6-8-13(26)9-7-12)29-21-15-5-3-11-24-17(15)16-14(18(21)25-19)4-2-10-23-16/h2-11,20,26H,1H3/t20-/m1/s1. The van der Waals surface area contributed by atoms with Crippen LogP contribution in [0.2, 0.25) is 0 Å². The Hall–Kier alpha value is -4.00. The number of hydrogen-bond acceptors (Lipinski definition) is 7. The molecule has 0 spiro atoms. The molecule has 0 unspecified atom stereocenters. The fourth-order valence-corrected chi connectivity index (χ4v) is 3.53. The van der Waals surface area contributed by atoms with Crippen molar-refractivity contribution in [2.24, 2.45) is 4.99 Å². The predicted molar refractivity (Wildman–Crippen MR) is 108 cm³/mol. The van der Waals surface area contributed by atoms with E-state index >= 15 is 0 Å². The molecule has 0 saturated heterocycles. The molecule has 4 aromatic rings. The van der Waals surface area contributed by atoms with E-state index < -0.39 is 12.1 Å². The van der Waals surface area contributed by atoms with Crippen LogP contribution in [0.1, 0.15) is 11.7 Å². The molecule has 0 fully saturated rings. The second-order valence-corrected chi connectivity index (χ2v) is 6.55. The molecule has 0 amide bonds. The third kappa shape index (κ3) is 2.67. The summed E-state index contributed by atoms with van der Waals surface area (Å²) < 4.78 is 11.3. The number of rotatable bonds is 2. The van der Waals surface area contributed by atoms with Crippen LogP contribution in [0, 0.1) is 0 Å². The van der Waals surface area contributed by atoms with Gasteiger partial charge >= 0.3 is 5.97 Å². The summed E-state index contributed by atoms with van der Waals surface area (Å²) in [6, 6.07) is 13.8. The maximum atomic E-state index is 12.5. The predicted octanol–water partition coefficient (Wildman–Crippen LogP) is 3.87. The van der Waals surface area contributed by atoms with Gasteiger partial charge in [0.15, 0.2) is 17.6 Å². The summed E-state index contributed by atoms with van der Waals surface area (Å²) in [7, 11) is 1.30. The first-order valence-electron chi connectivity index (χ1n) is 8.95. The fraction of sp³-hybridized carbons (Fsp3) is 0.0909. The normalized spacial score (nSPS) is 15.5. The molecule has 3 heterocycles. The number of aromatic nitrogens is 2. The number of aromatic hydroxyl groups is 1. The van der Waals surface area contributed by atoms with Gasteiger partial charge in [0.2, 0.25) is 0 Å². The van der Waals surface area contributed by atoms with Crippen molar-refractivity contribution < 1.29 is 19.4 Å². The minimum Gasteiger partial charge on any atom is -0.508 e. The molecule has 5 rings (SSSR count). The van der Waals surface area contributed by atoms with Crippen molar-refractivity contribution >= 4 is 39.2 Å². The van der Waals surface area contributed by atoms with E-state index in [1.54, 1.807) is 30.6 Å². The number of phenolic OH excluding ortho intramolecular Hbond substituents is 1. The van der Waals surface area contributed by atoms with Gasteiger partial charge in [-0.1, -0.05) is 12.1 Å². The first kappa shape index (κ1) is 17.1. The first-order valence-corrected chi connectivity index (χ1v) is 8.95. The monoisotopic (exact) mass is 385 g/mol. The van der Waals surface area contributed by atoms with Crippen LogP contribution in [0.25, 0.3) is 21.8 Å². The van der Waals surface area contributed by atoms with Crippen molar-refractivity contribution in [3.8, 4) is 11.5 Å². The van der Waals surface area contributed by atoms with Gasteiger partial charge in [0.05, 0.1) is 12.6 Å². The lowest BCUT2D eigenvalue weighted by Crippen LogP contribution is -2.29. The summed E-state index contributed by atoms with van der Waals surface area (Å²) >= 11 is 0. The Bertz CT molecular complexity index is 1300. The van der Waals surface area contributed by atoms with E-state index in [1.807, 2.05) is 18.2 Å². The molecular formula is C22H15N3O4. The van der Waals surface area contributed by atoms with Crippen molar-refractivity contribution in [2.45, 2.75) is 6.10 Å². The molecule has 7 heteroatoms. The minimum absolute atomic E-state index is 0.119. The lowest BCUT2D eigenvalue weighted by atomic mass is 10.0. The van der Waals surface area contributed by atoms with Crippen LogP contribution >= 0.6 is 0 Å². The second kappa shape index (κ2) is 6.56. The number of esters is 1. The van der Waals surface area contributed by atoms with Gasteiger partial charge in [-0.2, -0.15) is 0 Å². The number of hydrogen-bond donors (Lipinski definition) is 1. The highest BCUT2D eigenvalue weighted by molar-refractivity contribution is 6.39. The van der Waals surface area contributed by atoms with Crippen LogP contribution in [0.4, 0.5) is 5.69 Å². The van der Waals surface area contributed by atoms with Crippen LogP contribution < -0.4 is 4.74 Å². The van der Waals surface area contributed by atoms with E-state index in [9.17, 15) is 9.90 Å². The average molecular weight is 385 g/mol. The number of phenols is 1. The molecule has 2 aromatic carbocycles. The molecule has 1 aliphatic rings. The van der Waals surface area contributed by atoms with Crippen molar-refractivity contribution in [2.75, 3.05) is 7.11 Å². The van der Waals surface area contributed by atoms with Gasteiger partial charge in [0.1, 0.15) is 17.0 Å². The molecule has 0 bridgehead atoms. The number of aliphatic imine (C=N–C) groups is 1. The highest BCUT2D eigenvalue weighted by Gasteiger charge is 2.34. The third-order valence-electron chi connectivity index (χ3n) is 4.86. The second-order valence-electron chi connectivity index (χ2n) is 6.55. The highest BCUT2D eigenvalue weighted by Crippen LogP contribution is 2.47. The van der Waals surface area contributed by atoms with E-state index in [0.717, 1.165) is 10.8 Å². The van der Waals surface area contributed by atoms with Gasteiger partial charge < -0.3 is 14.6 Å². The van der Waals surface area contributed by atoms with Crippen molar-refractivity contribution in [1.29, 1.82) is 0 Å². The lowest BCUT2D eigenvalue weighted by molar-refractivity contribution is -0.133. The Morgan fingerprint density at radius 3 is 2.34 bits per heavy atom. The molecule has 0 radical (unpaired) electrons. The van der Waals surface area contributed by atoms with E-state index in [2.05, 4.69) is 15.0 Å². The average Bonchev–Trinajstić information content (AvgIpc) is 2.78. The fourth-order valence-electron chi connectivity index (χ4n) is 3.53. The Morgan fingerprint density at radius 1 is 1.00 bits per heavy atom. The zero-order valence-corrected chi connectivity index (χ0v) is 15.4. The molecule has 1 aliphatic heterocycles. The summed E-state index contributed by atoms with van der Waals surface area (Å²) in [4.78, 5) is 26.1. The Labute approximate surface area is 165 Å². The van der Waals surface area contributed by atoms with Crippen LogP contribution in [-0.4, -0.2) is 33.9 Å². The molecular weight excluding hydrogens is 370 g/mol. The molecule has 1 atom stereocenters. The number of benzene rings is 2. The van der Waals surface area contributed by atoms with Crippen molar-refractivity contribution in [3.05, 3.63) is 66.5 Å². The largest absolute Gasteiger partial charge is 0.508 e. The Balaban J connectivity index is 1.83. The van der Waals surface area contributed by atoms with Crippen LogP contribution in [0.15, 0.2) is 65.9 Å². The summed E-state index contributed by atoms with van der Waals surface area (Å²) in [5, 5.41) is 11.1. The maximum absolute atomic E-state index is 12.5. The molecule has 2 aromatic heterocycles. The highest BCUT2D eigenvalue weighted by atomic mass is 16.5. The lowest BCUT2D eigenvalue weighted by Gasteiger charge is -2.27. The summed E-state index contributed by atoms with van der Waals surface area (Å²) in [6.45, 7) is 0. The van der Waals surface area contributed by atoms with Gasteiger partial charge in [-0.25, -0.2) is 9.79 Å². The first-order chi connectivity index (χ1) is 14.2. The van der Waals surface area contributed by atoms with Crippen molar-refractivity contribution in [1.82, 2.24) is 9.97 Å². The number of carbonyl (C=O) groups is 1. The van der Waals surface area contributed by atoms with E-state index in [0.29, 0.717) is 28.0 Å². The Morgan fingerprint density at radius 2 is 1.66 bits per heavy atom. The number of pyridine rings is 2. The quantitative estimate of drug-likeness (QED) is 0.416. The molecule has 142 valence electrons. The third-order valence-corrected chi connectivity index (χ3v) is 4.86. The Kier molecular flexibility index (Phi) is 3.87. The van der Waals surface area contributed by atoms with Crippen molar-refractivity contribution in [3.63, 3.8) is 0 Å². The minimum atomic E-state index is -0.784. The van der Waals surface area contributed by atoms with Gasteiger partial charge in [-0.05, 0) is 42.0 Å².